The highest BCUT2D eigenvalue weighted by Gasteiger charge is 2.41. The molecule has 474 valence electrons. The second kappa shape index (κ2) is 58.9. The molecule has 0 bridgehead atoms. The number of unbranched alkanes of at least 4 members (excludes halogenated alkanes) is 28. The second-order valence-corrected chi connectivity index (χ2v) is 26.8. The van der Waals surface area contributed by atoms with E-state index in [-0.39, 0.29) is 117 Å². The number of phosphoric acid groups is 1. The van der Waals surface area contributed by atoms with E-state index in [0.717, 1.165) is 45.6 Å². The van der Waals surface area contributed by atoms with Gasteiger partial charge in [0.05, 0.1) is 71.5 Å². The molecule has 0 aromatic carbocycles. The maximum Gasteiger partial charge on any atom is 0.472 e. The number of phosphoric ester groups is 1. The van der Waals surface area contributed by atoms with Crippen LogP contribution in [0.25, 0.3) is 0 Å². The first-order valence-electron chi connectivity index (χ1n) is 33.2. The topological polar surface area (TPSA) is 218 Å². The van der Waals surface area contributed by atoms with Gasteiger partial charge in [-0.1, -0.05) is 208 Å². The molecule has 0 aromatic heterocycles. The predicted octanol–water partition coefficient (Wildman–Crippen LogP) is 6.54. The maximum atomic E-state index is 12.9. The summed E-state index contributed by atoms with van der Waals surface area (Å²) in [7, 11) is 9.10. The molecule has 0 aromatic rings. The van der Waals surface area contributed by atoms with Gasteiger partial charge >= 0.3 is 31.7 Å². The monoisotopic (exact) mass is 1200 g/mol. The zero-order valence-corrected chi connectivity index (χ0v) is 55.0. The van der Waals surface area contributed by atoms with Gasteiger partial charge in [0.25, 0.3) is 0 Å². The molecule has 3 unspecified atom stereocenters. The third-order valence-electron chi connectivity index (χ3n) is 15.6. The summed E-state index contributed by atoms with van der Waals surface area (Å²) in [5.41, 5.74) is 0. The number of amides is 1. The molecule has 15 nitrogen and oxygen atoms in total. The zero-order chi connectivity index (χ0) is 61.1. The number of esters is 3. The van der Waals surface area contributed by atoms with Crippen LogP contribution < -0.4 is 5.32 Å². The van der Waals surface area contributed by atoms with Gasteiger partial charge in [-0.25, -0.2) is 16.2 Å². The summed E-state index contributed by atoms with van der Waals surface area (Å²) in [5.74, 6) is -3.05. The predicted molar refractivity (Wildman–Crippen MR) is 378 cm³/mol. The number of carboxylic acid groups (broad SMARTS) is 1. The molecule has 0 aliphatic carbocycles. The quantitative estimate of drug-likeness (QED) is 0.0194. The fraction of sp³-hybridized carbons (Fsp3) is 0.891. The van der Waals surface area contributed by atoms with Gasteiger partial charge in [-0.05, 0) is 25.7 Å². The molecule has 0 heterocycles. The second-order valence-electron chi connectivity index (χ2n) is 23.9. The highest BCUT2D eigenvalue weighted by Crippen LogP contribution is 2.43. The van der Waals surface area contributed by atoms with Crippen molar-refractivity contribution < 1.29 is 66.6 Å². The van der Waals surface area contributed by atoms with Crippen LogP contribution in [0.4, 0.5) is 0 Å². The Hall–Kier alpha value is -1.74. The molecule has 1 amide bonds. The highest BCUT2D eigenvalue weighted by atomic mass is 32.2. The number of hydrogen-bond donors (Lipinski definition) is 3. The molecule has 84 heavy (non-hydrogen) atoms. The summed E-state index contributed by atoms with van der Waals surface area (Å²) in [5, 5.41) is 11.8. The number of ketones is 1. The SMILES string of the molecule is C.C.[10BH2][10BH][10B]([10BH2])[10B](SC(CC(=O)NCCC(=O)CCCOC(=O)CCCOP(=O)(O)OCC(COC(=O)CCCCCCCCCCCCCCCCC)OC(=O)CCCCCCCCCCCCCCCCC)C(=O)O)[10B]([10B]([10BH2])[10BH2])[10B]([10BH2])[10BH2]. The molecule has 3 N–H and O–H groups in total. The van der Waals surface area contributed by atoms with Gasteiger partial charge in [-0.3, -0.25) is 37.8 Å². The number of nitrogens with one attached hydrogen (secondary N) is 1. The summed E-state index contributed by atoms with van der Waals surface area (Å²) in [6.07, 6.45) is 36.9. The van der Waals surface area contributed by atoms with E-state index in [1.54, 1.807) is 0 Å². The van der Waals surface area contributed by atoms with Crippen molar-refractivity contribution in [3.05, 3.63) is 0 Å². The molecule has 0 aliphatic heterocycles. The van der Waals surface area contributed by atoms with E-state index in [1.807, 2.05) is 0 Å². The Bertz CT molecular complexity index is 1700. The first-order chi connectivity index (χ1) is 39.4. The summed E-state index contributed by atoms with van der Waals surface area (Å²) < 4.78 is 39.4. The van der Waals surface area contributed by atoms with E-state index in [1.165, 1.54) is 153 Å². The summed E-state index contributed by atoms with van der Waals surface area (Å²) in [4.78, 5) is 86.0. The van der Waals surface area contributed by atoms with Crippen molar-refractivity contribution in [2.24, 2.45) is 0 Å². The van der Waals surface area contributed by atoms with Gasteiger partial charge in [0.15, 0.2) is 6.10 Å². The molecule has 0 spiro atoms. The maximum absolute atomic E-state index is 12.9. The van der Waals surface area contributed by atoms with Gasteiger partial charge in [0.1, 0.15) is 18.2 Å². The van der Waals surface area contributed by atoms with Gasteiger partial charge in [-0.2, -0.15) is 0 Å². The van der Waals surface area contributed by atoms with Crippen molar-refractivity contribution in [1.29, 1.82) is 0 Å². The molecular weight excluding hydrogens is 1080 g/mol. The Labute approximate surface area is 526 Å². The van der Waals surface area contributed by atoms with Crippen LogP contribution in [0.15, 0.2) is 0 Å². The van der Waals surface area contributed by atoms with Crippen molar-refractivity contribution in [2.75, 3.05) is 33.0 Å². The number of hydrogen-bond acceptors (Lipinski definition) is 13. The number of carbonyl (C=O) groups excluding carboxylic acids is 5. The van der Waals surface area contributed by atoms with Gasteiger partial charge < -0.3 is 29.5 Å². The third-order valence-corrected chi connectivity index (χ3v) is 18.4. The van der Waals surface area contributed by atoms with Crippen LogP contribution in [0.3, 0.4) is 0 Å². The standard InChI is InChI=1S/C53H110B12NO14PS.2CH4/c1-3-5-7-9-11-13-15-17-19-21-23-25-27-29-31-36-51(70)77-44-47(80-52(71)37-32-30-28-26-24-22-20-18-16-14-12-10-8-6-4-2)45-79-81(74,75)78-42-34-38-50(69)76-41-33-35-46(67)39-40-66-49(68)43-48(53(72)73)82-65(63(59)60-54)64(61(55)56)62(57)58;;/h47-48,60H,3-45,54-59H2,1-2H3,(H,66,68)(H,72,73)(H,74,75);2*1H4/i54-1,55-1,56-1,57-1,58-1,59-1,60-1,61-1,62-1,63-1,64-1,65-1;;. The third kappa shape index (κ3) is 52.2. The first-order valence-corrected chi connectivity index (χ1v) is 35.6. The Morgan fingerprint density at radius 2 is 0.940 bits per heavy atom. The Morgan fingerprint density at radius 3 is 1.37 bits per heavy atom. The summed E-state index contributed by atoms with van der Waals surface area (Å²) >= 11 is 1.37. The van der Waals surface area contributed by atoms with E-state index >= 15 is 0 Å². The number of carboxylic acids is 1. The van der Waals surface area contributed by atoms with E-state index in [0.29, 0.717) is 25.6 Å². The van der Waals surface area contributed by atoms with Gasteiger partial charge in [0, 0.05) is 77.7 Å². The Kier molecular flexibility index (Phi) is 60.6. The van der Waals surface area contributed by atoms with Crippen molar-refractivity contribution in [3.8, 4) is 0 Å². The molecule has 0 rings (SSSR count). The lowest BCUT2D eigenvalue weighted by atomic mass is 7.78. The normalized spacial score (nSPS) is 12.3. The number of aliphatic carboxylic acids is 1. The number of ether oxygens (including phenoxy) is 3. The minimum absolute atomic E-state index is 0. The van der Waals surface area contributed by atoms with Crippen LogP contribution in [0.2, 0.25) is 0 Å². The molecule has 0 radical (unpaired) electrons. The van der Waals surface area contributed by atoms with Crippen molar-refractivity contribution in [3.63, 3.8) is 0 Å². The molecule has 0 saturated heterocycles. The largest absolute Gasteiger partial charge is 0.480 e. The van der Waals surface area contributed by atoms with Crippen molar-refractivity contribution >= 4 is 140 Å². The molecule has 0 saturated carbocycles. The Morgan fingerprint density at radius 1 is 0.536 bits per heavy atom. The van der Waals surface area contributed by atoms with Gasteiger partial charge in [0.2, 0.25) is 5.91 Å². The minimum atomic E-state index is -4.66. The summed E-state index contributed by atoms with van der Waals surface area (Å²) in [6, 6.07) is 0. The molecular formula is C55H118B12NO14PS. The lowest BCUT2D eigenvalue weighted by Gasteiger charge is -2.32. The average Bonchev–Trinajstić information content (AvgIpc) is 3.64. The molecule has 0 aliphatic rings. The van der Waals surface area contributed by atoms with E-state index in [9.17, 15) is 43.3 Å². The molecule has 29 heteroatoms. The lowest BCUT2D eigenvalue weighted by Crippen LogP contribution is -2.67. The number of carbonyl (C=O) groups is 6. The van der Waals surface area contributed by atoms with Gasteiger partial charge in [-0.15, -0.1) is 0 Å². The smallest absolute Gasteiger partial charge is 0.472 e. The number of rotatable bonds is 60. The lowest BCUT2D eigenvalue weighted by molar-refractivity contribution is -0.161. The minimum Gasteiger partial charge on any atom is -0.480 e. The van der Waals surface area contributed by atoms with Crippen LogP contribution in [-0.2, 0) is 56.6 Å². The van der Waals surface area contributed by atoms with Crippen LogP contribution in [0, 0.1) is 0 Å². The van der Waals surface area contributed by atoms with Crippen LogP contribution in [0.1, 0.15) is 273 Å². The van der Waals surface area contributed by atoms with Crippen molar-refractivity contribution in [1.82, 2.24) is 5.32 Å². The van der Waals surface area contributed by atoms with E-state index in [2.05, 4.69) is 65.6 Å². The Balaban J connectivity index is -0.0000328. The van der Waals surface area contributed by atoms with Crippen LogP contribution in [0.5, 0.6) is 0 Å². The van der Waals surface area contributed by atoms with Crippen LogP contribution >= 0.6 is 19.4 Å². The molecule has 0 fully saturated rings. The molecule has 3 atom stereocenters. The van der Waals surface area contributed by atoms with E-state index in [4.69, 9.17) is 23.3 Å². The summed E-state index contributed by atoms with van der Waals surface area (Å²) in [6.45, 7) is 3.35. The van der Waals surface area contributed by atoms with Crippen molar-refractivity contribution in [2.45, 2.75) is 284 Å². The average molecular weight is 1200 g/mol. The van der Waals surface area contributed by atoms with Crippen LogP contribution in [-0.4, -0.2) is 175 Å². The number of Topliss-reactive ketones (excluding diaryl/α,β-unsaturated/α-hetero) is 1. The van der Waals surface area contributed by atoms with E-state index < -0.39 is 55.6 Å². The highest BCUT2D eigenvalue weighted by molar-refractivity contribution is 8.44. The fourth-order valence-corrected chi connectivity index (χ4v) is 13.3. The fourth-order valence-electron chi connectivity index (χ4n) is 10.5. The first kappa shape index (κ1) is 86.5. The zero-order valence-electron chi connectivity index (χ0n) is 53.3.